The molecule has 0 amide bonds. The number of pyridine rings is 1. The third-order valence-corrected chi connectivity index (χ3v) is 2.99. The number of aryl methyl sites for hydroxylation is 1. The first-order valence-corrected chi connectivity index (χ1v) is 6.35. The van der Waals surface area contributed by atoms with E-state index < -0.39 is 0 Å². The molecule has 0 spiro atoms. The molecule has 1 heterocycles. The van der Waals surface area contributed by atoms with E-state index in [1.165, 1.54) is 11.1 Å². The minimum atomic E-state index is 0.450. The molecule has 0 atom stereocenters. The summed E-state index contributed by atoms with van der Waals surface area (Å²) in [4.78, 5) is 4.28. The Balaban J connectivity index is 2.01. The summed E-state index contributed by atoms with van der Waals surface area (Å²) in [5.41, 5.74) is 8.83. The van der Waals surface area contributed by atoms with E-state index in [1.54, 1.807) is 13.2 Å². The van der Waals surface area contributed by atoms with Gasteiger partial charge in [0.1, 0.15) is 5.82 Å². The molecule has 4 nitrogen and oxygen atoms in total. The number of nitrogens with two attached hydrogens (primary N) is 1. The molecule has 0 aliphatic carbocycles. The van der Waals surface area contributed by atoms with E-state index in [-0.39, 0.29) is 0 Å². The lowest BCUT2D eigenvalue weighted by Crippen LogP contribution is -2.03. The summed E-state index contributed by atoms with van der Waals surface area (Å²) in [5, 5.41) is 3.25. The smallest absolute Gasteiger partial charge is 0.238 e. The maximum atomic E-state index is 5.72. The van der Waals surface area contributed by atoms with Crippen LogP contribution < -0.4 is 15.8 Å². The van der Waals surface area contributed by atoms with Gasteiger partial charge in [-0.15, -0.1) is 0 Å². The van der Waals surface area contributed by atoms with Crippen LogP contribution in [0.3, 0.4) is 0 Å². The summed E-state index contributed by atoms with van der Waals surface area (Å²) in [6, 6.07) is 12.2. The zero-order valence-corrected chi connectivity index (χ0v) is 11.3. The van der Waals surface area contributed by atoms with Gasteiger partial charge in [-0.1, -0.05) is 31.2 Å². The highest BCUT2D eigenvalue weighted by atomic mass is 16.5. The maximum absolute atomic E-state index is 5.72. The van der Waals surface area contributed by atoms with Crippen molar-refractivity contribution in [2.75, 3.05) is 18.2 Å². The van der Waals surface area contributed by atoms with Gasteiger partial charge in [0.05, 0.1) is 12.8 Å². The third kappa shape index (κ3) is 3.37. The van der Waals surface area contributed by atoms with Crippen LogP contribution in [-0.4, -0.2) is 12.1 Å². The first-order valence-electron chi connectivity index (χ1n) is 6.35. The molecular weight excluding hydrogens is 238 g/mol. The van der Waals surface area contributed by atoms with Crippen molar-refractivity contribution in [2.24, 2.45) is 0 Å². The fourth-order valence-electron chi connectivity index (χ4n) is 1.80. The predicted molar refractivity (Wildman–Crippen MR) is 78.3 cm³/mol. The van der Waals surface area contributed by atoms with Crippen LogP contribution in [0.15, 0.2) is 36.4 Å². The van der Waals surface area contributed by atoms with Gasteiger partial charge in [0.15, 0.2) is 0 Å². The molecule has 0 saturated heterocycles. The second-order valence-electron chi connectivity index (χ2n) is 4.32. The van der Waals surface area contributed by atoms with Crippen LogP contribution in [0.25, 0.3) is 0 Å². The Morgan fingerprint density at radius 1 is 1.11 bits per heavy atom. The summed E-state index contributed by atoms with van der Waals surface area (Å²) in [7, 11) is 1.56. The number of benzene rings is 1. The number of hydrogen-bond acceptors (Lipinski definition) is 4. The second-order valence-corrected chi connectivity index (χ2v) is 4.32. The highest BCUT2D eigenvalue weighted by Crippen LogP contribution is 2.20. The Hall–Kier alpha value is -2.23. The van der Waals surface area contributed by atoms with Crippen molar-refractivity contribution >= 4 is 11.5 Å². The zero-order chi connectivity index (χ0) is 13.7. The first kappa shape index (κ1) is 13.2. The van der Waals surface area contributed by atoms with E-state index in [2.05, 4.69) is 41.5 Å². The van der Waals surface area contributed by atoms with Crippen LogP contribution in [0.5, 0.6) is 5.88 Å². The summed E-state index contributed by atoms with van der Waals surface area (Å²) < 4.78 is 5.09. The summed E-state index contributed by atoms with van der Waals surface area (Å²) in [5.74, 6) is 1.21. The molecule has 4 heteroatoms. The van der Waals surface area contributed by atoms with Crippen LogP contribution in [-0.2, 0) is 13.0 Å². The van der Waals surface area contributed by atoms with E-state index in [0.717, 1.165) is 18.8 Å². The number of aromatic nitrogens is 1. The van der Waals surface area contributed by atoms with Gasteiger partial charge >= 0.3 is 0 Å². The molecule has 1 aromatic carbocycles. The van der Waals surface area contributed by atoms with Crippen molar-refractivity contribution in [1.82, 2.24) is 4.98 Å². The van der Waals surface area contributed by atoms with Gasteiger partial charge in [-0.25, -0.2) is 0 Å². The molecule has 0 fully saturated rings. The molecule has 1 aromatic heterocycles. The molecule has 0 aliphatic heterocycles. The number of hydrogen-bond donors (Lipinski definition) is 2. The molecule has 2 rings (SSSR count). The van der Waals surface area contributed by atoms with Gasteiger partial charge in [-0.3, -0.25) is 0 Å². The first-order chi connectivity index (χ1) is 9.22. The van der Waals surface area contributed by atoms with Crippen molar-refractivity contribution < 1.29 is 4.74 Å². The average Bonchev–Trinajstić information content (AvgIpc) is 2.47. The number of methoxy groups -OCH3 is 1. The Morgan fingerprint density at radius 3 is 2.42 bits per heavy atom. The molecule has 100 valence electrons. The summed E-state index contributed by atoms with van der Waals surface area (Å²) in [6.45, 7) is 2.88. The highest BCUT2D eigenvalue weighted by Gasteiger charge is 2.02. The normalized spacial score (nSPS) is 10.2. The fourth-order valence-corrected chi connectivity index (χ4v) is 1.80. The number of ether oxygens (including phenoxy) is 1. The number of nitrogens with one attached hydrogen (secondary N) is 1. The van der Waals surface area contributed by atoms with E-state index in [4.69, 9.17) is 10.5 Å². The molecule has 19 heavy (non-hydrogen) atoms. The van der Waals surface area contributed by atoms with E-state index in [9.17, 15) is 0 Å². The molecule has 0 saturated carbocycles. The van der Waals surface area contributed by atoms with E-state index >= 15 is 0 Å². The van der Waals surface area contributed by atoms with Crippen molar-refractivity contribution in [3.8, 4) is 5.88 Å². The Kier molecular flexibility index (Phi) is 4.23. The summed E-state index contributed by atoms with van der Waals surface area (Å²) >= 11 is 0. The lowest BCUT2D eigenvalue weighted by molar-refractivity contribution is 0.401. The minimum Gasteiger partial charge on any atom is -0.479 e. The minimum absolute atomic E-state index is 0.450. The Labute approximate surface area is 113 Å². The molecule has 0 bridgehead atoms. The van der Waals surface area contributed by atoms with Crippen molar-refractivity contribution in [3.63, 3.8) is 0 Å². The topological polar surface area (TPSA) is 60.2 Å². The predicted octanol–water partition coefficient (Wildman–Crippen LogP) is 2.85. The molecule has 0 aliphatic rings. The van der Waals surface area contributed by atoms with Crippen molar-refractivity contribution in [3.05, 3.63) is 47.5 Å². The van der Waals surface area contributed by atoms with Gasteiger partial charge in [-0.2, -0.15) is 4.98 Å². The average molecular weight is 257 g/mol. The molecule has 0 unspecified atom stereocenters. The van der Waals surface area contributed by atoms with Crippen LogP contribution >= 0.6 is 0 Å². The lowest BCUT2D eigenvalue weighted by Gasteiger charge is -2.09. The highest BCUT2D eigenvalue weighted by molar-refractivity contribution is 5.53. The monoisotopic (exact) mass is 257 g/mol. The summed E-state index contributed by atoms with van der Waals surface area (Å²) in [6.07, 6.45) is 1.06. The maximum Gasteiger partial charge on any atom is 0.238 e. The van der Waals surface area contributed by atoms with Crippen LogP contribution in [0.1, 0.15) is 18.1 Å². The van der Waals surface area contributed by atoms with Crippen molar-refractivity contribution in [1.29, 1.82) is 0 Å². The Morgan fingerprint density at radius 2 is 1.79 bits per heavy atom. The molecule has 2 aromatic rings. The molecule has 0 radical (unpaired) electrons. The van der Waals surface area contributed by atoms with E-state index in [0.29, 0.717) is 11.6 Å². The van der Waals surface area contributed by atoms with Gasteiger partial charge in [0.2, 0.25) is 5.88 Å². The van der Waals surface area contributed by atoms with Crippen LogP contribution in [0.2, 0.25) is 0 Å². The van der Waals surface area contributed by atoms with Gasteiger partial charge in [0.25, 0.3) is 0 Å². The SMILES string of the molecule is CCc1ccc(CNc2ccc(N)c(OC)n2)cc1. The standard InChI is InChI=1S/C15H19N3O/c1-3-11-4-6-12(7-5-11)10-17-14-9-8-13(16)15(18-14)19-2/h4-9H,3,10,16H2,1-2H3,(H,17,18). The molecule has 3 N–H and O–H groups in total. The lowest BCUT2D eigenvalue weighted by atomic mass is 10.1. The third-order valence-electron chi connectivity index (χ3n) is 2.99. The quantitative estimate of drug-likeness (QED) is 0.864. The van der Waals surface area contributed by atoms with Crippen molar-refractivity contribution in [2.45, 2.75) is 19.9 Å². The van der Waals surface area contributed by atoms with Gasteiger partial charge in [-0.05, 0) is 29.7 Å². The van der Waals surface area contributed by atoms with E-state index in [1.807, 2.05) is 6.07 Å². The number of nitrogens with zero attached hydrogens (tertiary/aromatic N) is 1. The second kappa shape index (κ2) is 6.09. The number of rotatable bonds is 5. The fraction of sp³-hybridized carbons (Fsp3) is 0.267. The number of anilines is 2. The number of nitrogen functional groups attached to an aromatic ring is 1. The largest absolute Gasteiger partial charge is 0.479 e. The van der Waals surface area contributed by atoms with Crippen LogP contribution in [0.4, 0.5) is 11.5 Å². The van der Waals surface area contributed by atoms with Gasteiger partial charge in [0, 0.05) is 6.54 Å². The van der Waals surface area contributed by atoms with Gasteiger partial charge < -0.3 is 15.8 Å². The Bertz CT molecular complexity index is 538. The zero-order valence-electron chi connectivity index (χ0n) is 11.3. The molecular formula is C15H19N3O. The van der Waals surface area contributed by atoms with Crippen LogP contribution in [0, 0.1) is 0 Å².